The summed E-state index contributed by atoms with van der Waals surface area (Å²) in [6.07, 6.45) is 4.10. The summed E-state index contributed by atoms with van der Waals surface area (Å²) in [6.45, 7) is 0.468. The van der Waals surface area contributed by atoms with E-state index >= 15 is 0 Å². The number of ether oxygens (including phenoxy) is 2. The van der Waals surface area contributed by atoms with Gasteiger partial charge in [-0.1, -0.05) is 6.07 Å². The van der Waals surface area contributed by atoms with Gasteiger partial charge in [-0.3, -0.25) is 0 Å². The fourth-order valence-electron chi connectivity index (χ4n) is 2.65. The second kappa shape index (κ2) is 5.50. The molecule has 0 atom stereocenters. The summed E-state index contributed by atoms with van der Waals surface area (Å²) < 4.78 is 12.9. The summed E-state index contributed by atoms with van der Waals surface area (Å²) in [7, 11) is 3.33. The van der Waals surface area contributed by atoms with Gasteiger partial charge in [0.15, 0.2) is 0 Å². The number of methoxy groups -OCH3 is 2. The minimum atomic E-state index is 0.468. The molecule has 0 radical (unpaired) electrons. The topological polar surface area (TPSA) is 48.9 Å². The van der Waals surface area contributed by atoms with Gasteiger partial charge in [0.25, 0.3) is 0 Å². The van der Waals surface area contributed by atoms with Gasteiger partial charge in [-0.25, -0.2) is 0 Å². The van der Waals surface area contributed by atoms with Gasteiger partial charge >= 0.3 is 0 Å². The van der Waals surface area contributed by atoms with Crippen molar-refractivity contribution in [3.05, 3.63) is 54.4 Å². The Morgan fingerprint density at radius 1 is 1.05 bits per heavy atom. The molecule has 0 saturated heterocycles. The van der Waals surface area contributed by atoms with E-state index in [4.69, 9.17) is 15.2 Å². The van der Waals surface area contributed by atoms with Crippen molar-refractivity contribution in [1.29, 1.82) is 0 Å². The Morgan fingerprint density at radius 3 is 2.62 bits per heavy atom. The number of nitrogens with two attached hydrogens (primary N) is 1. The van der Waals surface area contributed by atoms with Crippen LogP contribution in [0.2, 0.25) is 0 Å². The van der Waals surface area contributed by atoms with Crippen molar-refractivity contribution in [2.75, 3.05) is 14.2 Å². The molecule has 108 valence electrons. The monoisotopic (exact) mass is 282 g/mol. The third-order valence-corrected chi connectivity index (χ3v) is 3.69. The van der Waals surface area contributed by atoms with Crippen LogP contribution in [-0.2, 0) is 6.54 Å². The predicted octanol–water partition coefficient (Wildman–Crippen LogP) is 3.08. The van der Waals surface area contributed by atoms with Crippen LogP contribution >= 0.6 is 0 Å². The molecule has 2 N–H and O–H groups in total. The number of aromatic nitrogens is 1. The van der Waals surface area contributed by atoms with E-state index in [-0.39, 0.29) is 0 Å². The maximum absolute atomic E-state index is 5.98. The van der Waals surface area contributed by atoms with Crippen molar-refractivity contribution in [1.82, 2.24) is 4.40 Å². The number of fused-ring (bicyclic) bond motifs is 1. The highest BCUT2D eigenvalue weighted by Crippen LogP contribution is 2.37. The first kappa shape index (κ1) is 13.5. The van der Waals surface area contributed by atoms with E-state index in [2.05, 4.69) is 16.7 Å². The fraction of sp³-hybridized carbons (Fsp3) is 0.176. The molecule has 0 unspecified atom stereocenters. The number of hydrogen-bond donors (Lipinski definition) is 1. The molecule has 2 heterocycles. The van der Waals surface area contributed by atoms with E-state index in [0.717, 1.165) is 33.7 Å². The van der Waals surface area contributed by atoms with Gasteiger partial charge in [0, 0.05) is 30.1 Å². The zero-order valence-electron chi connectivity index (χ0n) is 12.2. The first-order valence-corrected chi connectivity index (χ1v) is 6.79. The Labute approximate surface area is 123 Å². The smallest absolute Gasteiger partial charge is 0.127 e. The Morgan fingerprint density at radius 2 is 1.90 bits per heavy atom. The summed E-state index contributed by atoms with van der Waals surface area (Å²) in [5.41, 5.74) is 10.2. The molecule has 4 nitrogen and oxygen atoms in total. The molecule has 1 aromatic carbocycles. The lowest BCUT2D eigenvalue weighted by Gasteiger charge is -2.10. The molecule has 0 spiro atoms. The average molecular weight is 282 g/mol. The van der Waals surface area contributed by atoms with Crippen LogP contribution in [0.3, 0.4) is 0 Å². The van der Waals surface area contributed by atoms with Crippen LogP contribution in [0, 0.1) is 0 Å². The van der Waals surface area contributed by atoms with E-state index in [0.29, 0.717) is 6.54 Å². The zero-order valence-corrected chi connectivity index (χ0v) is 12.2. The second-order valence-electron chi connectivity index (χ2n) is 4.78. The van der Waals surface area contributed by atoms with Crippen LogP contribution < -0.4 is 15.2 Å². The van der Waals surface area contributed by atoms with Crippen LogP contribution in [0.5, 0.6) is 11.5 Å². The molecule has 3 aromatic rings. The van der Waals surface area contributed by atoms with E-state index in [1.54, 1.807) is 14.2 Å². The summed E-state index contributed by atoms with van der Waals surface area (Å²) in [5, 5.41) is 0. The van der Waals surface area contributed by atoms with Crippen molar-refractivity contribution in [2.45, 2.75) is 6.54 Å². The van der Waals surface area contributed by atoms with E-state index in [9.17, 15) is 0 Å². The van der Waals surface area contributed by atoms with Crippen molar-refractivity contribution in [2.24, 2.45) is 5.73 Å². The normalized spacial score (nSPS) is 10.8. The van der Waals surface area contributed by atoms with E-state index < -0.39 is 0 Å². The highest BCUT2D eigenvalue weighted by molar-refractivity contribution is 5.81. The molecule has 0 bridgehead atoms. The molecule has 4 heteroatoms. The Balaban J connectivity index is 2.29. The SMILES string of the molecule is COc1ccc(OC)c(-c2cn3ccccc3c2CN)c1. The number of nitrogens with zero attached hydrogens (tertiary/aromatic N) is 1. The highest BCUT2D eigenvalue weighted by atomic mass is 16.5. The lowest BCUT2D eigenvalue weighted by molar-refractivity contribution is 0.404. The minimum Gasteiger partial charge on any atom is -0.497 e. The number of benzene rings is 1. The standard InChI is InChI=1S/C17H18N2O2/c1-20-12-6-7-17(21-2)13(9-12)15-11-19-8-4-3-5-16(19)14(15)10-18/h3-9,11H,10,18H2,1-2H3. The molecule has 21 heavy (non-hydrogen) atoms. The fourth-order valence-corrected chi connectivity index (χ4v) is 2.65. The Bertz CT molecular complexity index is 778. The lowest BCUT2D eigenvalue weighted by Crippen LogP contribution is -1.98. The molecular formula is C17H18N2O2. The molecule has 3 rings (SSSR count). The summed E-state index contributed by atoms with van der Waals surface area (Å²) in [6, 6.07) is 11.9. The Kier molecular flexibility index (Phi) is 3.54. The van der Waals surface area contributed by atoms with Crippen LogP contribution in [0.25, 0.3) is 16.6 Å². The number of hydrogen-bond acceptors (Lipinski definition) is 3. The lowest BCUT2D eigenvalue weighted by atomic mass is 10.0. The van der Waals surface area contributed by atoms with Crippen LogP contribution in [0.15, 0.2) is 48.8 Å². The number of rotatable bonds is 4. The van der Waals surface area contributed by atoms with Crippen LogP contribution in [-0.4, -0.2) is 18.6 Å². The van der Waals surface area contributed by atoms with Gasteiger partial charge in [-0.2, -0.15) is 0 Å². The van der Waals surface area contributed by atoms with Gasteiger partial charge < -0.3 is 19.6 Å². The molecule has 0 saturated carbocycles. The van der Waals surface area contributed by atoms with Gasteiger partial charge in [0.2, 0.25) is 0 Å². The third-order valence-electron chi connectivity index (χ3n) is 3.69. The quantitative estimate of drug-likeness (QED) is 0.800. The van der Waals surface area contributed by atoms with Crippen molar-refractivity contribution in [3.63, 3.8) is 0 Å². The maximum atomic E-state index is 5.98. The van der Waals surface area contributed by atoms with E-state index in [1.165, 1.54) is 0 Å². The maximum Gasteiger partial charge on any atom is 0.127 e. The molecule has 0 amide bonds. The Hall–Kier alpha value is -2.46. The van der Waals surface area contributed by atoms with Gasteiger partial charge in [0.1, 0.15) is 11.5 Å². The van der Waals surface area contributed by atoms with Crippen molar-refractivity contribution >= 4 is 5.52 Å². The van der Waals surface area contributed by atoms with Crippen molar-refractivity contribution in [3.8, 4) is 22.6 Å². The molecule has 0 aliphatic rings. The molecule has 2 aromatic heterocycles. The molecule has 0 fully saturated rings. The summed E-state index contributed by atoms with van der Waals surface area (Å²) >= 11 is 0. The summed E-state index contributed by atoms with van der Waals surface area (Å²) in [4.78, 5) is 0. The van der Waals surface area contributed by atoms with Gasteiger partial charge in [-0.15, -0.1) is 0 Å². The largest absolute Gasteiger partial charge is 0.497 e. The van der Waals surface area contributed by atoms with E-state index in [1.807, 2.05) is 36.5 Å². The first-order chi connectivity index (χ1) is 10.3. The summed E-state index contributed by atoms with van der Waals surface area (Å²) in [5.74, 6) is 1.60. The highest BCUT2D eigenvalue weighted by Gasteiger charge is 2.15. The third kappa shape index (κ3) is 2.23. The average Bonchev–Trinajstić information content (AvgIpc) is 2.92. The molecule has 0 aliphatic carbocycles. The van der Waals surface area contributed by atoms with Crippen LogP contribution in [0.1, 0.15) is 5.56 Å². The minimum absolute atomic E-state index is 0.468. The first-order valence-electron chi connectivity index (χ1n) is 6.79. The molecule has 0 aliphatic heterocycles. The number of pyridine rings is 1. The second-order valence-corrected chi connectivity index (χ2v) is 4.78. The van der Waals surface area contributed by atoms with Crippen LogP contribution in [0.4, 0.5) is 0 Å². The zero-order chi connectivity index (χ0) is 14.8. The predicted molar refractivity (Wildman–Crippen MR) is 83.8 cm³/mol. The van der Waals surface area contributed by atoms with Crippen molar-refractivity contribution < 1.29 is 9.47 Å². The molecular weight excluding hydrogens is 264 g/mol. The van der Waals surface area contributed by atoms with Gasteiger partial charge in [-0.05, 0) is 35.9 Å². The van der Waals surface area contributed by atoms with Gasteiger partial charge in [0.05, 0.1) is 19.7 Å².